The molecule has 2 atom stereocenters. The van der Waals surface area contributed by atoms with Crippen molar-refractivity contribution in [2.24, 2.45) is 0 Å². The Balaban J connectivity index is 0.00000259. The number of nitrogens with zero attached hydrogens (tertiary/aromatic N) is 3. The van der Waals surface area contributed by atoms with Gasteiger partial charge in [-0.2, -0.15) is 0 Å². The summed E-state index contributed by atoms with van der Waals surface area (Å²) in [5.74, 6) is -0.477. The van der Waals surface area contributed by atoms with E-state index in [9.17, 15) is 13.6 Å². The number of ether oxygens (including phenoxy) is 1. The Labute approximate surface area is 197 Å². The van der Waals surface area contributed by atoms with Crippen molar-refractivity contribution < 1.29 is 18.3 Å². The number of nitrogens with one attached hydrogen (secondary N) is 1. The predicted octanol–water partition coefficient (Wildman–Crippen LogP) is 3.65. The van der Waals surface area contributed by atoms with E-state index in [4.69, 9.17) is 4.74 Å². The van der Waals surface area contributed by atoms with E-state index in [2.05, 4.69) is 10.3 Å². The monoisotopic (exact) mass is 474 g/mol. The van der Waals surface area contributed by atoms with Crippen LogP contribution in [-0.2, 0) is 24.5 Å². The van der Waals surface area contributed by atoms with Crippen molar-refractivity contribution in [3.8, 4) is 5.75 Å². The number of carbonyl (C=O) groups excluding carboxylic acids is 1. The van der Waals surface area contributed by atoms with Gasteiger partial charge in [-0.25, -0.2) is 13.8 Å². The van der Waals surface area contributed by atoms with Gasteiger partial charge in [0.1, 0.15) is 18.2 Å². The van der Waals surface area contributed by atoms with Gasteiger partial charge in [0.25, 0.3) is 0 Å². The quantitative estimate of drug-likeness (QED) is 0.568. The van der Waals surface area contributed by atoms with Gasteiger partial charge >= 0.3 is 0 Å². The SMILES string of the molecule is Cl.O=C(CN[C@@H]1C[C@H]1c1cc(F)cc(F)c1OCc1ccccc1)N1CCn2ccnc2C1. The van der Waals surface area contributed by atoms with Crippen molar-refractivity contribution in [3.05, 3.63) is 83.4 Å². The molecule has 174 valence electrons. The summed E-state index contributed by atoms with van der Waals surface area (Å²) in [5, 5.41) is 3.24. The molecule has 3 aromatic rings. The Hall–Kier alpha value is -2.97. The lowest BCUT2D eigenvalue weighted by molar-refractivity contribution is -0.131. The van der Waals surface area contributed by atoms with Crippen LogP contribution in [-0.4, -0.2) is 39.5 Å². The molecule has 0 unspecified atom stereocenters. The average molecular weight is 475 g/mol. The van der Waals surface area contributed by atoms with Crippen LogP contribution in [0.25, 0.3) is 0 Å². The Morgan fingerprint density at radius 3 is 2.82 bits per heavy atom. The molecule has 0 spiro atoms. The second-order valence-corrected chi connectivity index (χ2v) is 8.26. The molecular formula is C24H25ClF2N4O2. The first kappa shape index (κ1) is 23.2. The van der Waals surface area contributed by atoms with Gasteiger partial charge in [-0.15, -0.1) is 12.4 Å². The summed E-state index contributed by atoms with van der Waals surface area (Å²) in [6.45, 7) is 2.25. The topological polar surface area (TPSA) is 59.4 Å². The highest BCUT2D eigenvalue weighted by atomic mass is 35.5. The Bertz CT molecular complexity index is 1120. The van der Waals surface area contributed by atoms with Crippen molar-refractivity contribution in [2.75, 3.05) is 13.1 Å². The standard InChI is InChI=1S/C24H24F2N4O2.ClH/c25-17-10-19(24(20(26)11-17)32-15-16-4-2-1-3-5-16)18-12-21(18)28-13-23(31)30-9-8-29-7-6-27-22(29)14-30;/h1-7,10-11,18,21,28H,8-9,12-15H2;1H/t18-,21+;/m0./s1. The maximum absolute atomic E-state index is 14.5. The van der Waals surface area contributed by atoms with Crippen LogP contribution in [0.4, 0.5) is 8.78 Å². The summed E-state index contributed by atoms with van der Waals surface area (Å²) >= 11 is 0. The third-order valence-corrected chi connectivity index (χ3v) is 6.07. The molecule has 2 aliphatic rings. The highest BCUT2D eigenvalue weighted by Crippen LogP contribution is 2.46. The lowest BCUT2D eigenvalue weighted by Crippen LogP contribution is -2.43. The Morgan fingerprint density at radius 2 is 2.00 bits per heavy atom. The van der Waals surface area contributed by atoms with Crippen LogP contribution in [0.2, 0.25) is 0 Å². The molecule has 0 bridgehead atoms. The molecule has 1 N–H and O–H groups in total. The average Bonchev–Trinajstić information content (AvgIpc) is 3.42. The lowest BCUT2D eigenvalue weighted by Gasteiger charge is -2.27. The summed E-state index contributed by atoms with van der Waals surface area (Å²) < 4.78 is 36.3. The molecule has 2 heterocycles. The van der Waals surface area contributed by atoms with E-state index in [1.54, 1.807) is 11.1 Å². The first-order chi connectivity index (χ1) is 15.6. The minimum atomic E-state index is -0.707. The number of amides is 1. The third-order valence-electron chi connectivity index (χ3n) is 6.07. The normalized spacial score (nSPS) is 18.9. The molecule has 1 aromatic heterocycles. The zero-order valence-corrected chi connectivity index (χ0v) is 18.7. The number of halogens is 3. The summed E-state index contributed by atoms with van der Waals surface area (Å²) in [5.41, 5.74) is 1.41. The summed E-state index contributed by atoms with van der Waals surface area (Å²) in [6.07, 6.45) is 4.36. The summed E-state index contributed by atoms with van der Waals surface area (Å²) in [6, 6.07) is 11.6. The maximum atomic E-state index is 14.5. The molecule has 5 rings (SSSR count). The van der Waals surface area contributed by atoms with E-state index in [0.717, 1.165) is 24.0 Å². The van der Waals surface area contributed by atoms with Crippen LogP contribution >= 0.6 is 12.4 Å². The van der Waals surface area contributed by atoms with Crippen molar-refractivity contribution in [2.45, 2.75) is 38.1 Å². The largest absolute Gasteiger partial charge is 0.486 e. The predicted molar refractivity (Wildman–Crippen MR) is 121 cm³/mol. The Morgan fingerprint density at radius 1 is 1.18 bits per heavy atom. The van der Waals surface area contributed by atoms with Crippen LogP contribution in [0.1, 0.15) is 29.3 Å². The fraction of sp³-hybridized carbons (Fsp3) is 0.333. The maximum Gasteiger partial charge on any atom is 0.237 e. The van der Waals surface area contributed by atoms with Gasteiger partial charge in [-0.3, -0.25) is 4.79 Å². The fourth-order valence-electron chi connectivity index (χ4n) is 4.22. The molecule has 1 aliphatic carbocycles. The van der Waals surface area contributed by atoms with Gasteiger partial charge in [0.05, 0.1) is 13.1 Å². The van der Waals surface area contributed by atoms with Crippen LogP contribution in [0.5, 0.6) is 5.75 Å². The highest BCUT2D eigenvalue weighted by molar-refractivity contribution is 5.85. The van der Waals surface area contributed by atoms with Crippen molar-refractivity contribution in [3.63, 3.8) is 0 Å². The van der Waals surface area contributed by atoms with E-state index in [0.29, 0.717) is 25.1 Å². The van der Waals surface area contributed by atoms with Gasteiger partial charge in [-0.05, 0) is 18.1 Å². The Kier molecular flexibility index (Phi) is 6.95. The molecule has 1 aliphatic heterocycles. The molecule has 1 fully saturated rings. The van der Waals surface area contributed by atoms with Crippen molar-refractivity contribution in [1.29, 1.82) is 0 Å². The first-order valence-corrected chi connectivity index (χ1v) is 10.8. The molecular weight excluding hydrogens is 450 g/mol. The van der Waals surface area contributed by atoms with E-state index in [1.807, 2.05) is 41.1 Å². The van der Waals surface area contributed by atoms with Gasteiger partial charge < -0.3 is 19.5 Å². The van der Waals surface area contributed by atoms with Crippen LogP contribution in [0.15, 0.2) is 54.9 Å². The lowest BCUT2D eigenvalue weighted by atomic mass is 10.1. The van der Waals surface area contributed by atoms with Gasteiger partial charge in [0.15, 0.2) is 11.6 Å². The number of benzene rings is 2. The molecule has 33 heavy (non-hydrogen) atoms. The molecule has 0 radical (unpaired) electrons. The van der Waals surface area contributed by atoms with E-state index >= 15 is 0 Å². The second-order valence-electron chi connectivity index (χ2n) is 8.26. The summed E-state index contributed by atoms with van der Waals surface area (Å²) in [4.78, 5) is 18.7. The zero-order valence-electron chi connectivity index (χ0n) is 17.9. The van der Waals surface area contributed by atoms with Gasteiger partial charge in [-0.1, -0.05) is 30.3 Å². The third kappa shape index (κ3) is 5.17. The number of fused-ring (bicyclic) bond motifs is 1. The van der Waals surface area contributed by atoms with Crippen LogP contribution in [0.3, 0.4) is 0 Å². The molecule has 1 saturated carbocycles. The van der Waals surface area contributed by atoms with Gasteiger partial charge in [0, 0.05) is 49.1 Å². The molecule has 6 nitrogen and oxygen atoms in total. The van der Waals surface area contributed by atoms with E-state index in [1.165, 1.54) is 6.07 Å². The van der Waals surface area contributed by atoms with Crippen molar-refractivity contribution >= 4 is 18.3 Å². The minimum Gasteiger partial charge on any atom is -0.486 e. The van der Waals surface area contributed by atoms with Crippen molar-refractivity contribution in [1.82, 2.24) is 19.8 Å². The summed E-state index contributed by atoms with van der Waals surface area (Å²) in [7, 11) is 0. The molecule has 9 heteroatoms. The van der Waals surface area contributed by atoms with Crippen LogP contribution < -0.4 is 10.1 Å². The van der Waals surface area contributed by atoms with Gasteiger partial charge in [0.2, 0.25) is 5.91 Å². The zero-order chi connectivity index (χ0) is 22.1. The molecule has 1 amide bonds. The highest BCUT2D eigenvalue weighted by Gasteiger charge is 2.41. The number of imidazole rings is 1. The molecule has 2 aromatic carbocycles. The number of carbonyl (C=O) groups is 1. The smallest absolute Gasteiger partial charge is 0.237 e. The molecule has 0 saturated heterocycles. The van der Waals surface area contributed by atoms with E-state index in [-0.39, 0.29) is 49.2 Å². The van der Waals surface area contributed by atoms with E-state index < -0.39 is 11.6 Å². The minimum absolute atomic E-state index is 0. The second kappa shape index (κ2) is 9.89. The number of hydrogen-bond donors (Lipinski definition) is 1. The fourth-order valence-corrected chi connectivity index (χ4v) is 4.22. The first-order valence-electron chi connectivity index (χ1n) is 10.8. The number of rotatable bonds is 7. The number of hydrogen-bond acceptors (Lipinski definition) is 4. The number of aromatic nitrogens is 2. The van der Waals surface area contributed by atoms with Crippen LogP contribution in [0, 0.1) is 11.6 Å².